The van der Waals surface area contributed by atoms with Crippen molar-refractivity contribution >= 4 is 0 Å². The van der Waals surface area contributed by atoms with E-state index in [4.69, 9.17) is 9.47 Å². The molecule has 1 heterocycles. The Labute approximate surface area is 261 Å². The molecule has 6 atom stereocenters. The Morgan fingerprint density at radius 3 is 1.17 bits per heavy atom. The maximum absolute atomic E-state index is 10.1. The van der Waals surface area contributed by atoms with Crippen LogP contribution in [0.5, 0.6) is 0 Å². The zero-order valence-corrected chi connectivity index (χ0v) is 28.4. The maximum Gasteiger partial charge on any atom is 0.184 e. The van der Waals surface area contributed by atoms with Crippen molar-refractivity contribution in [1.29, 1.82) is 0 Å². The minimum absolute atomic E-state index is 0.0749. The van der Waals surface area contributed by atoms with Gasteiger partial charge in [-0.2, -0.15) is 0 Å². The van der Waals surface area contributed by atoms with Gasteiger partial charge >= 0.3 is 0 Å². The third-order valence-corrected chi connectivity index (χ3v) is 9.29. The van der Waals surface area contributed by atoms with Crippen LogP contribution in [0, 0.1) is 0 Å². The molecule has 0 aromatic carbocycles. The Morgan fingerprint density at radius 2 is 0.833 bits per heavy atom. The number of unbranched alkanes of at least 4 members (excludes halogenated alkanes) is 24. The van der Waals surface area contributed by atoms with Crippen molar-refractivity contribution in [2.75, 3.05) is 0 Å². The lowest BCUT2D eigenvalue weighted by molar-refractivity contribution is -0.273. The van der Waals surface area contributed by atoms with E-state index in [0.717, 1.165) is 19.3 Å². The number of rotatable bonds is 30. The number of ether oxygens (including phenoxy) is 2. The van der Waals surface area contributed by atoms with Crippen LogP contribution in [-0.4, -0.2) is 52.1 Å². The van der Waals surface area contributed by atoms with E-state index in [1.165, 1.54) is 154 Å². The molecule has 0 saturated carbocycles. The lowest BCUT2D eigenvalue weighted by Gasteiger charge is -2.36. The number of aliphatic hydroxyl groups is 3. The monoisotopic (exact) mass is 599 g/mol. The number of hydrogen-bond acceptors (Lipinski definition) is 5. The highest BCUT2D eigenvalue weighted by Gasteiger charge is 2.35. The normalized spacial score (nSPS) is 22.4. The zero-order chi connectivity index (χ0) is 30.7. The highest BCUT2D eigenvalue weighted by atomic mass is 16.7. The first kappa shape index (κ1) is 39.8. The summed E-state index contributed by atoms with van der Waals surface area (Å²) in [6.45, 7) is 5.78. The van der Waals surface area contributed by atoms with Crippen LogP contribution in [0.1, 0.15) is 201 Å². The lowest BCUT2D eigenvalue weighted by Crippen LogP contribution is -2.48. The Bertz CT molecular complexity index is 556. The molecule has 1 fully saturated rings. The number of hydrogen-bond donors (Lipinski definition) is 3. The van der Waals surface area contributed by atoms with E-state index in [-0.39, 0.29) is 18.3 Å². The van der Waals surface area contributed by atoms with Crippen molar-refractivity contribution in [2.24, 2.45) is 0 Å². The van der Waals surface area contributed by atoms with Gasteiger partial charge in [-0.3, -0.25) is 0 Å². The molecule has 0 radical (unpaired) electrons. The second-order valence-corrected chi connectivity index (χ2v) is 13.8. The Hall–Kier alpha value is -0.200. The maximum atomic E-state index is 10.1. The molecule has 0 aliphatic carbocycles. The Kier molecular flexibility index (Phi) is 26.8. The molecule has 3 N–H and O–H groups in total. The van der Waals surface area contributed by atoms with Gasteiger partial charge in [0.15, 0.2) is 6.29 Å². The van der Waals surface area contributed by atoms with Crippen LogP contribution in [0.4, 0.5) is 0 Å². The molecule has 0 spiro atoms. The molecule has 0 amide bonds. The quantitative estimate of drug-likeness (QED) is 0.0717. The van der Waals surface area contributed by atoms with Gasteiger partial charge in [0, 0.05) is 6.42 Å². The van der Waals surface area contributed by atoms with Gasteiger partial charge in [-0.25, -0.2) is 0 Å². The fourth-order valence-corrected chi connectivity index (χ4v) is 6.30. The summed E-state index contributed by atoms with van der Waals surface area (Å²) in [7, 11) is 0. The molecule has 1 rings (SSSR count). The molecule has 1 aliphatic heterocycles. The van der Waals surface area contributed by atoms with Crippen LogP contribution in [0.3, 0.4) is 0 Å². The third kappa shape index (κ3) is 24.2. The molecular weight excluding hydrogens is 524 g/mol. The zero-order valence-electron chi connectivity index (χ0n) is 28.4. The molecule has 5 nitrogen and oxygen atoms in total. The molecule has 2 unspecified atom stereocenters. The molecule has 42 heavy (non-hydrogen) atoms. The van der Waals surface area contributed by atoms with Gasteiger partial charge in [0.05, 0.1) is 24.4 Å². The summed E-state index contributed by atoms with van der Waals surface area (Å²) in [5.74, 6) is 0. The van der Waals surface area contributed by atoms with Crippen molar-refractivity contribution in [1.82, 2.24) is 0 Å². The summed E-state index contributed by atoms with van der Waals surface area (Å²) in [4.78, 5) is 0. The summed E-state index contributed by atoms with van der Waals surface area (Å²) in [6, 6.07) is 0. The lowest BCUT2D eigenvalue weighted by atomic mass is 10.0. The van der Waals surface area contributed by atoms with Gasteiger partial charge in [0.2, 0.25) is 0 Å². The summed E-state index contributed by atoms with van der Waals surface area (Å²) < 4.78 is 11.5. The van der Waals surface area contributed by atoms with E-state index in [1.807, 2.05) is 13.8 Å². The van der Waals surface area contributed by atoms with E-state index in [1.54, 1.807) is 0 Å². The second-order valence-electron chi connectivity index (χ2n) is 13.8. The third-order valence-electron chi connectivity index (χ3n) is 9.29. The SMILES string of the molecule is CC(O)CCCCCCCCCCCCCCCCCCCCCCCCCCCC(C)O[C@@H]1O[C@@H](C)[C@H](O)C[C@H]1O. The van der Waals surface area contributed by atoms with Gasteiger partial charge in [0.1, 0.15) is 6.10 Å². The van der Waals surface area contributed by atoms with Crippen LogP contribution >= 0.6 is 0 Å². The fraction of sp³-hybridized carbons (Fsp3) is 1.00. The average molecular weight is 599 g/mol. The minimum atomic E-state index is -0.738. The van der Waals surface area contributed by atoms with E-state index in [9.17, 15) is 15.3 Å². The van der Waals surface area contributed by atoms with Crippen molar-refractivity contribution < 1.29 is 24.8 Å². The van der Waals surface area contributed by atoms with Crippen molar-refractivity contribution in [3.05, 3.63) is 0 Å². The molecule has 1 aliphatic rings. The summed E-state index contributed by atoms with van der Waals surface area (Å²) >= 11 is 0. The van der Waals surface area contributed by atoms with Gasteiger partial charge < -0.3 is 24.8 Å². The molecule has 0 aromatic heterocycles. The molecule has 5 heteroatoms. The van der Waals surface area contributed by atoms with E-state index >= 15 is 0 Å². The summed E-state index contributed by atoms with van der Waals surface area (Å²) in [5.41, 5.74) is 0. The molecule has 252 valence electrons. The van der Waals surface area contributed by atoms with Crippen LogP contribution in [0.15, 0.2) is 0 Å². The smallest absolute Gasteiger partial charge is 0.184 e. The Morgan fingerprint density at radius 1 is 0.524 bits per heavy atom. The highest BCUT2D eigenvalue weighted by Crippen LogP contribution is 2.23. The minimum Gasteiger partial charge on any atom is -0.393 e. The van der Waals surface area contributed by atoms with E-state index < -0.39 is 18.5 Å². The summed E-state index contributed by atoms with van der Waals surface area (Å²) in [5, 5.41) is 29.1. The number of aliphatic hydroxyl groups excluding tert-OH is 3. The van der Waals surface area contributed by atoms with Crippen molar-refractivity contribution in [3.63, 3.8) is 0 Å². The van der Waals surface area contributed by atoms with E-state index in [0.29, 0.717) is 6.42 Å². The van der Waals surface area contributed by atoms with Crippen molar-refractivity contribution in [3.8, 4) is 0 Å². The largest absolute Gasteiger partial charge is 0.393 e. The first-order chi connectivity index (χ1) is 20.4. The van der Waals surface area contributed by atoms with Crippen LogP contribution in [-0.2, 0) is 9.47 Å². The predicted molar refractivity (Wildman–Crippen MR) is 178 cm³/mol. The molecule has 0 aromatic rings. The van der Waals surface area contributed by atoms with Crippen LogP contribution < -0.4 is 0 Å². The van der Waals surface area contributed by atoms with Crippen molar-refractivity contribution in [2.45, 2.75) is 237 Å². The molecule has 0 bridgehead atoms. The average Bonchev–Trinajstić information content (AvgIpc) is 2.95. The van der Waals surface area contributed by atoms with Gasteiger partial charge in [-0.1, -0.05) is 161 Å². The first-order valence-corrected chi connectivity index (χ1v) is 18.7. The predicted octanol–water partition coefficient (Wildman–Crippen LogP) is 10.2. The Balaban J connectivity index is 1.70. The highest BCUT2D eigenvalue weighted by molar-refractivity contribution is 4.78. The second kappa shape index (κ2) is 28.3. The van der Waals surface area contributed by atoms with Gasteiger partial charge in [0.25, 0.3) is 0 Å². The molecule has 1 saturated heterocycles. The molecular formula is C37H74O5. The van der Waals surface area contributed by atoms with Gasteiger partial charge in [-0.05, 0) is 33.6 Å². The standard InChI is InChI=1S/C37H74O5/c1-32(38)29-27-25-23-21-19-17-15-13-11-9-7-5-4-6-8-10-12-14-16-18-20-22-24-26-28-30-33(2)41-37-36(40)31-35(39)34(3)42-37/h32-40H,4-31H2,1-3H3/t32?,33?,34-,35+,36+,37+/m0/s1. The topological polar surface area (TPSA) is 79.2 Å². The fourth-order valence-electron chi connectivity index (χ4n) is 6.30. The van der Waals surface area contributed by atoms with Gasteiger partial charge in [-0.15, -0.1) is 0 Å². The van der Waals surface area contributed by atoms with Crippen LogP contribution in [0.2, 0.25) is 0 Å². The van der Waals surface area contributed by atoms with Crippen LogP contribution in [0.25, 0.3) is 0 Å². The first-order valence-electron chi connectivity index (χ1n) is 18.7. The summed E-state index contributed by atoms with van der Waals surface area (Å²) in [6.07, 6.45) is 34.6. The van der Waals surface area contributed by atoms with E-state index in [2.05, 4.69) is 6.92 Å².